The molecule has 8 heteroatoms. The van der Waals surface area contributed by atoms with Gasteiger partial charge in [0.1, 0.15) is 10.6 Å². The van der Waals surface area contributed by atoms with Gasteiger partial charge in [0, 0.05) is 12.6 Å². The molecule has 2 N–H and O–H groups in total. The average molecular weight is 378 g/mol. The fraction of sp³-hybridized carbons (Fsp3) is 0.500. The van der Waals surface area contributed by atoms with Gasteiger partial charge in [-0.2, -0.15) is 5.10 Å². The Morgan fingerprint density at radius 1 is 1.31 bits per heavy atom. The minimum absolute atomic E-state index is 0.0325. The van der Waals surface area contributed by atoms with Crippen LogP contribution in [0.3, 0.4) is 0 Å². The lowest BCUT2D eigenvalue weighted by Crippen LogP contribution is -2.37. The predicted molar refractivity (Wildman–Crippen MR) is 99.8 cm³/mol. The fourth-order valence-corrected chi connectivity index (χ4v) is 4.96. The third-order valence-electron chi connectivity index (χ3n) is 4.86. The van der Waals surface area contributed by atoms with E-state index in [4.69, 9.17) is 4.74 Å². The van der Waals surface area contributed by atoms with Crippen LogP contribution in [0.15, 0.2) is 29.2 Å². The molecule has 0 aliphatic carbocycles. The largest absolute Gasteiger partial charge is 0.497 e. The average Bonchev–Trinajstić information content (AvgIpc) is 3.25. The standard InChI is InChI=1S/C18H26N4O3S/c1-13-18(14(2)21-20-13)26(23,24)19-12-17(22-9-4-5-10-22)15-7-6-8-16(11-15)25-3/h6-8,11,17,19H,4-5,9-10,12H2,1-3H3,(H,20,21)/t17-/m1/s1. The van der Waals surface area contributed by atoms with Gasteiger partial charge in [-0.3, -0.25) is 10.00 Å². The second-order valence-electron chi connectivity index (χ2n) is 6.65. The summed E-state index contributed by atoms with van der Waals surface area (Å²) in [5.41, 5.74) is 2.08. The Kier molecular flexibility index (Phi) is 5.64. The van der Waals surface area contributed by atoms with E-state index < -0.39 is 10.0 Å². The maximum Gasteiger partial charge on any atom is 0.244 e. The minimum atomic E-state index is -3.63. The number of aromatic nitrogens is 2. The van der Waals surface area contributed by atoms with Crippen LogP contribution >= 0.6 is 0 Å². The first-order valence-electron chi connectivity index (χ1n) is 8.81. The summed E-state index contributed by atoms with van der Waals surface area (Å²) in [6.07, 6.45) is 2.26. The van der Waals surface area contributed by atoms with E-state index in [1.165, 1.54) is 0 Å². The van der Waals surface area contributed by atoms with Gasteiger partial charge >= 0.3 is 0 Å². The molecule has 2 aromatic rings. The van der Waals surface area contributed by atoms with E-state index >= 15 is 0 Å². The molecule has 7 nitrogen and oxygen atoms in total. The maximum absolute atomic E-state index is 12.8. The van der Waals surface area contributed by atoms with Crippen molar-refractivity contribution in [3.8, 4) is 5.75 Å². The number of likely N-dealkylation sites (tertiary alicyclic amines) is 1. The molecule has 142 valence electrons. The number of benzene rings is 1. The molecule has 1 aliphatic rings. The molecule has 1 atom stereocenters. The number of hydrogen-bond acceptors (Lipinski definition) is 5. The Morgan fingerprint density at radius 3 is 2.65 bits per heavy atom. The quantitative estimate of drug-likeness (QED) is 0.771. The molecule has 2 heterocycles. The Morgan fingerprint density at radius 2 is 2.04 bits per heavy atom. The van der Waals surface area contributed by atoms with Crippen LogP contribution in [0.4, 0.5) is 0 Å². The molecule has 1 aliphatic heterocycles. The van der Waals surface area contributed by atoms with Crippen molar-refractivity contribution in [1.82, 2.24) is 19.8 Å². The van der Waals surface area contributed by atoms with E-state index in [1.54, 1.807) is 21.0 Å². The molecular weight excluding hydrogens is 352 g/mol. The van der Waals surface area contributed by atoms with Gasteiger partial charge in [-0.05, 0) is 57.5 Å². The molecule has 1 aromatic carbocycles. The first-order chi connectivity index (χ1) is 12.4. The van der Waals surface area contributed by atoms with Crippen LogP contribution in [-0.4, -0.2) is 50.3 Å². The molecule has 0 bridgehead atoms. The summed E-state index contributed by atoms with van der Waals surface area (Å²) in [4.78, 5) is 2.56. The van der Waals surface area contributed by atoms with Crippen LogP contribution in [0.1, 0.15) is 35.8 Å². The van der Waals surface area contributed by atoms with Crippen molar-refractivity contribution < 1.29 is 13.2 Å². The van der Waals surface area contributed by atoms with Crippen molar-refractivity contribution in [3.05, 3.63) is 41.2 Å². The Bertz CT molecular complexity index is 838. The molecule has 1 fully saturated rings. The summed E-state index contributed by atoms with van der Waals surface area (Å²) in [5, 5.41) is 6.73. The van der Waals surface area contributed by atoms with Crippen molar-refractivity contribution in [2.24, 2.45) is 0 Å². The third kappa shape index (κ3) is 3.92. The highest BCUT2D eigenvalue weighted by Crippen LogP contribution is 2.28. The highest BCUT2D eigenvalue weighted by molar-refractivity contribution is 7.89. The maximum atomic E-state index is 12.8. The van der Waals surface area contributed by atoms with Crippen LogP contribution < -0.4 is 9.46 Å². The van der Waals surface area contributed by atoms with Crippen LogP contribution in [-0.2, 0) is 10.0 Å². The number of rotatable bonds is 7. The van der Waals surface area contributed by atoms with Gasteiger partial charge in [-0.15, -0.1) is 0 Å². The molecule has 0 radical (unpaired) electrons. The second-order valence-corrected chi connectivity index (χ2v) is 8.35. The number of aryl methyl sites for hydroxylation is 2. The van der Waals surface area contributed by atoms with E-state index in [9.17, 15) is 8.42 Å². The Hall–Kier alpha value is -1.90. The van der Waals surface area contributed by atoms with E-state index in [-0.39, 0.29) is 10.9 Å². The van der Waals surface area contributed by atoms with E-state index in [1.807, 2.05) is 24.3 Å². The van der Waals surface area contributed by atoms with Gasteiger partial charge in [0.2, 0.25) is 10.0 Å². The number of aromatic amines is 1. The highest BCUT2D eigenvalue weighted by atomic mass is 32.2. The Labute approximate surface area is 154 Å². The normalized spacial score (nSPS) is 16.7. The number of ether oxygens (including phenoxy) is 1. The lowest BCUT2D eigenvalue weighted by atomic mass is 10.1. The summed E-state index contributed by atoms with van der Waals surface area (Å²) >= 11 is 0. The van der Waals surface area contributed by atoms with Crippen LogP contribution in [0, 0.1) is 13.8 Å². The summed E-state index contributed by atoms with van der Waals surface area (Å²) in [5.74, 6) is 0.774. The zero-order valence-electron chi connectivity index (χ0n) is 15.4. The SMILES string of the molecule is COc1cccc([C@@H](CNS(=O)(=O)c2c(C)n[nH]c2C)N2CCCC2)c1. The number of nitrogens with one attached hydrogen (secondary N) is 2. The van der Waals surface area contributed by atoms with Gasteiger partial charge in [0.15, 0.2) is 0 Å². The van der Waals surface area contributed by atoms with Gasteiger partial charge < -0.3 is 4.74 Å². The summed E-state index contributed by atoms with van der Waals surface area (Å²) in [7, 11) is -1.99. The number of methoxy groups -OCH3 is 1. The van der Waals surface area contributed by atoms with Gasteiger partial charge in [-0.25, -0.2) is 13.1 Å². The van der Waals surface area contributed by atoms with Gasteiger partial charge in [0.05, 0.1) is 18.5 Å². The first kappa shape index (κ1) is 18.9. The molecule has 26 heavy (non-hydrogen) atoms. The van der Waals surface area contributed by atoms with Crippen molar-refractivity contribution >= 4 is 10.0 Å². The first-order valence-corrected chi connectivity index (χ1v) is 10.3. The third-order valence-corrected chi connectivity index (χ3v) is 6.54. The van der Waals surface area contributed by atoms with E-state index in [2.05, 4.69) is 19.8 Å². The monoisotopic (exact) mass is 378 g/mol. The zero-order chi connectivity index (χ0) is 18.7. The molecule has 0 spiro atoms. The molecule has 1 saturated heterocycles. The summed E-state index contributed by atoms with van der Waals surface area (Å²) < 4.78 is 33.7. The zero-order valence-corrected chi connectivity index (χ0v) is 16.3. The predicted octanol–water partition coefficient (Wildman–Crippen LogP) is 2.15. The van der Waals surface area contributed by atoms with E-state index in [0.29, 0.717) is 17.9 Å². The minimum Gasteiger partial charge on any atom is -0.497 e. The molecule has 3 rings (SSSR count). The second kappa shape index (κ2) is 7.77. The lowest BCUT2D eigenvalue weighted by Gasteiger charge is -2.28. The number of nitrogens with zero attached hydrogens (tertiary/aromatic N) is 2. The fourth-order valence-electron chi connectivity index (χ4n) is 3.56. The molecule has 0 saturated carbocycles. The van der Waals surface area contributed by atoms with Crippen LogP contribution in [0.25, 0.3) is 0 Å². The van der Waals surface area contributed by atoms with Gasteiger partial charge in [-0.1, -0.05) is 12.1 Å². The van der Waals surface area contributed by atoms with Crippen LogP contribution in [0.2, 0.25) is 0 Å². The van der Waals surface area contributed by atoms with Crippen LogP contribution in [0.5, 0.6) is 5.75 Å². The Balaban J connectivity index is 1.84. The summed E-state index contributed by atoms with van der Waals surface area (Å²) in [6, 6.07) is 7.80. The molecule has 0 amide bonds. The van der Waals surface area contributed by atoms with Crippen molar-refractivity contribution in [3.63, 3.8) is 0 Å². The lowest BCUT2D eigenvalue weighted by molar-refractivity contribution is 0.246. The van der Waals surface area contributed by atoms with E-state index in [0.717, 1.165) is 37.2 Å². The van der Waals surface area contributed by atoms with Gasteiger partial charge in [0.25, 0.3) is 0 Å². The van der Waals surface area contributed by atoms with Crippen molar-refractivity contribution in [2.75, 3.05) is 26.7 Å². The number of sulfonamides is 1. The topological polar surface area (TPSA) is 87.3 Å². The highest BCUT2D eigenvalue weighted by Gasteiger charge is 2.28. The number of hydrogen-bond donors (Lipinski definition) is 2. The summed E-state index contributed by atoms with van der Waals surface area (Å²) in [6.45, 7) is 5.65. The van der Waals surface area contributed by atoms with Crippen molar-refractivity contribution in [2.45, 2.75) is 37.6 Å². The smallest absolute Gasteiger partial charge is 0.244 e. The molecule has 1 aromatic heterocycles. The van der Waals surface area contributed by atoms with Crippen molar-refractivity contribution in [1.29, 1.82) is 0 Å². The molecular formula is C18H26N4O3S. The number of H-pyrrole nitrogens is 1. The molecule has 0 unspecified atom stereocenters.